The van der Waals surface area contributed by atoms with Crippen LogP contribution in [0.15, 0.2) is 24.3 Å². The van der Waals surface area contributed by atoms with Gasteiger partial charge in [-0.25, -0.2) is 0 Å². The van der Waals surface area contributed by atoms with Gasteiger partial charge in [0, 0.05) is 12.8 Å². The molecular weight excluding hydrogens is 1070 g/mol. The Morgan fingerprint density at radius 2 is 0.575 bits per heavy atom. The molecule has 2 unspecified atom stereocenters. The summed E-state index contributed by atoms with van der Waals surface area (Å²) in [5.41, 5.74) is 0. The fourth-order valence-electron chi connectivity index (χ4n) is 12.9. The normalized spacial score (nSPS) is 12.6. The van der Waals surface area contributed by atoms with Crippen molar-refractivity contribution in [3.05, 3.63) is 24.3 Å². The molecule has 1 amide bonds. The number of hydrogen-bond acceptors (Lipinski definition) is 5. The van der Waals surface area contributed by atoms with Gasteiger partial charge in [0.2, 0.25) is 5.91 Å². The maximum atomic E-state index is 12.6. The third-order valence-corrected chi connectivity index (χ3v) is 19.0. The molecule has 0 rings (SSSR count). The van der Waals surface area contributed by atoms with Gasteiger partial charge in [0.05, 0.1) is 25.4 Å². The maximum absolute atomic E-state index is 12.6. The first-order chi connectivity index (χ1) is 43.0. The van der Waals surface area contributed by atoms with Crippen molar-refractivity contribution in [2.45, 2.75) is 469 Å². The van der Waals surface area contributed by atoms with Gasteiger partial charge in [0.1, 0.15) is 0 Å². The van der Waals surface area contributed by atoms with Crippen LogP contribution >= 0.6 is 0 Å². The highest BCUT2D eigenvalue weighted by Crippen LogP contribution is 2.20. The summed E-state index contributed by atoms with van der Waals surface area (Å²) in [7, 11) is 0. The van der Waals surface area contributed by atoms with Crippen LogP contribution in [-0.2, 0) is 14.3 Å². The van der Waals surface area contributed by atoms with E-state index < -0.39 is 12.1 Å². The molecule has 0 saturated carbocycles. The van der Waals surface area contributed by atoms with Gasteiger partial charge in [0.25, 0.3) is 0 Å². The van der Waals surface area contributed by atoms with Crippen LogP contribution in [0.3, 0.4) is 0 Å². The molecule has 0 aromatic carbocycles. The first-order valence-corrected chi connectivity index (χ1v) is 40.1. The van der Waals surface area contributed by atoms with E-state index in [0.29, 0.717) is 25.9 Å². The Kier molecular flexibility index (Phi) is 75.3. The van der Waals surface area contributed by atoms with Crippen LogP contribution in [0.2, 0.25) is 0 Å². The third-order valence-electron chi connectivity index (χ3n) is 19.0. The quantitative estimate of drug-likeness (QED) is 0.0320. The summed E-state index contributed by atoms with van der Waals surface area (Å²) in [6.07, 6.45) is 98.4. The van der Waals surface area contributed by atoms with E-state index in [-0.39, 0.29) is 18.5 Å². The maximum Gasteiger partial charge on any atom is 0.305 e. The average molecular weight is 1230 g/mol. The summed E-state index contributed by atoms with van der Waals surface area (Å²) >= 11 is 0. The fourth-order valence-corrected chi connectivity index (χ4v) is 12.9. The second kappa shape index (κ2) is 76.8. The molecule has 516 valence electrons. The molecule has 0 spiro atoms. The zero-order valence-electron chi connectivity index (χ0n) is 59.3. The van der Waals surface area contributed by atoms with Crippen LogP contribution in [0.4, 0.5) is 0 Å². The van der Waals surface area contributed by atoms with Gasteiger partial charge < -0.3 is 20.3 Å². The van der Waals surface area contributed by atoms with Gasteiger partial charge in [0.15, 0.2) is 0 Å². The van der Waals surface area contributed by atoms with Gasteiger partial charge in [-0.3, -0.25) is 9.59 Å². The Morgan fingerprint density at radius 1 is 0.322 bits per heavy atom. The SMILES string of the molecule is CCCCC/C=C\C/C=C\CCCCCCCCCC(=O)OCCCCCCCCCCCCCCCCCCCCCCCCCCCCCCC(=O)NC(CO)C(O)CCCCCCCCCCCCCCCCCCCCCCCCCCC. The molecule has 0 aromatic heterocycles. The number of esters is 1. The van der Waals surface area contributed by atoms with Crippen molar-refractivity contribution < 1.29 is 24.5 Å². The molecule has 6 nitrogen and oxygen atoms in total. The number of hydrogen-bond donors (Lipinski definition) is 3. The summed E-state index contributed by atoms with van der Waals surface area (Å²) < 4.78 is 5.51. The lowest BCUT2D eigenvalue weighted by atomic mass is 10.0. The van der Waals surface area contributed by atoms with Gasteiger partial charge in [-0.1, -0.05) is 411 Å². The Morgan fingerprint density at radius 3 is 0.897 bits per heavy atom. The van der Waals surface area contributed by atoms with E-state index >= 15 is 0 Å². The molecule has 87 heavy (non-hydrogen) atoms. The summed E-state index contributed by atoms with van der Waals surface area (Å²) in [6, 6.07) is -0.541. The van der Waals surface area contributed by atoms with Crippen molar-refractivity contribution in [3.8, 4) is 0 Å². The number of amides is 1. The minimum Gasteiger partial charge on any atom is -0.466 e. The number of ether oxygens (including phenoxy) is 1. The predicted molar refractivity (Wildman–Crippen MR) is 384 cm³/mol. The van der Waals surface area contributed by atoms with E-state index in [1.54, 1.807) is 0 Å². The minimum absolute atomic E-state index is 0.0122. The number of nitrogens with one attached hydrogen (secondary N) is 1. The number of rotatable bonds is 76. The standard InChI is InChI=1S/C81H157NO5/c1-3-5-7-9-11-13-15-17-19-21-22-23-24-29-32-35-38-42-45-49-53-57-61-65-69-73-79(84)78(77-83)82-80(85)74-70-66-62-58-54-50-46-43-39-36-33-30-27-25-26-28-31-34-37-40-44-48-52-56-60-64-68-72-76-87-81(86)75-71-67-63-59-55-51-47-41-20-18-16-14-12-10-8-6-4-2/h12,14,18,20,78-79,83-84H,3-11,13,15-17,19,21-77H2,1-2H3,(H,82,85)/b14-12-,20-18-. The Balaban J connectivity index is 3.34. The highest BCUT2D eigenvalue weighted by Gasteiger charge is 2.20. The molecule has 0 fully saturated rings. The first-order valence-electron chi connectivity index (χ1n) is 40.1. The van der Waals surface area contributed by atoms with Crippen LogP contribution in [0, 0.1) is 0 Å². The molecule has 0 aliphatic heterocycles. The smallest absolute Gasteiger partial charge is 0.305 e. The van der Waals surface area contributed by atoms with Crippen molar-refractivity contribution in [1.82, 2.24) is 5.32 Å². The lowest BCUT2D eigenvalue weighted by Crippen LogP contribution is -2.45. The molecule has 6 heteroatoms. The zero-order chi connectivity index (χ0) is 62.8. The lowest BCUT2D eigenvalue weighted by Gasteiger charge is -2.22. The molecule has 3 N–H and O–H groups in total. The number of aliphatic hydroxyl groups excluding tert-OH is 2. The third kappa shape index (κ3) is 73.3. The highest BCUT2D eigenvalue weighted by molar-refractivity contribution is 5.76. The molecule has 0 saturated heterocycles. The second-order valence-electron chi connectivity index (χ2n) is 27.8. The Bertz CT molecular complexity index is 1360. The topological polar surface area (TPSA) is 95.9 Å². The molecule has 0 radical (unpaired) electrons. The molecule has 0 aliphatic rings. The molecule has 0 aliphatic carbocycles. The predicted octanol–water partition coefficient (Wildman–Crippen LogP) is 26.4. The van der Waals surface area contributed by atoms with Crippen molar-refractivity contribution in [1.29, 1.82) is 0 Å². The van der Waals surface area contributed by atoms with E-state index in [9.17, 15) is 19.8 Å². The number of aliphatic hydroxyl groups is 2. The van der Waals surface area contributed by atoms with E-state index in [1.807, 2.05) is 0 Å². The largest absolute Gasteiger partial charge is 0.466 e. The summed E-state index contributed by atoms with van der Waals surface area (Å²) in [6.45, 7) is 4.98. The van der Waals surface area contributed by atoms with Crippen LogP contribution in [0.25, 0.3) is 0 Å². The van der Waals surface area contributed by atoms with Crippen molar-refractivity contribution in [2.24, 2.45) is 0 Å². The number of carbonyl (C=O) groups excluding carboxylic acids is 2. The van der Waals surface area contributed by atoms with Gasteiger partial charge in [-0.2, -0.15) is 0 Å². The number of carbonyl (C=O) groups is 2. The highest BCUT2D eigenvalue weighted by atomic mass is 16.5. The molecule has 0 heterocycles. The molecule has 2 atom stereocenters. The Labute approximate surface area is 545 Å². The number of allylic oxidation sites excluding steroid dienone is 4. The van der Waals surface area contributed by atoms with E-state index in [0.717, 1.165) is 51.4 Å². The Hall–Kier alpha value is -1.66. The molecule has 0 bridgehead atoms. The summed E-state index contributed by atoms with van der Waals surface area (Å²) in [5.74, 6) is -0.0136. The van der Waals surface area contributed by atoms with Crippen LogP contribution < -0.4 is 5.32 Å². The minimum atomic E-state index is -0.664. The van der Waals surface area contributed by atoms with Crippen molar-refractivity contribution >= 4 is 11.9 Å². The molecular formula is C81H157NO5. The van der Waals surface area contributed by atoms with Crippen LogP contribution in [0.1, 0.15) is 457 Å². The number of unbranched alkanes of at least 4 members (excludes halogenated alkanes) is 61. The van der Waals surface area contributed by atoms with E-state index in [4.69, 9.17) is 4.74 Å². The van der Waals surface area contributed by atoms with Gasteiger partial charge in [-0.05, 0) is 57.8 Å². The monoisotopic (exact) mass is 1220 g/mol. The summed E-state index contributed by atoms with van der Waals surface area (Å²) in [4.78, 5) is 24.7. The zero-order valence-corrected chi connectivity index (χ0v) is 59.3. The van der Waals surface area contributed by atoms with Gasteiger partial charge >= 0.3 is 5.97 Å². The van der Waals surface area contributed by atoms with Crippen LogP contribution in [0.5, 0.6) is 0 Å². The lowest BCUT2D eigenvalue weighted by molar-refractivity contribution is -0.143. The average Bonchev–Trinajstić information content (AvgIpc) is 3.53. The molecule has 0 aromatic rings. The van der Waals surface area contributed by atoms with E-state index in [2.05, 4.69) is 43.5 Å². The van der Waals surface area contributed by atoms with Crippen molar-refractivity contribution in [2.75, 3.05) is 13.2 Å². The van der Waals surface area contributed by atoms with Crippen molar-refractivity contribution in [3.63, 3.8) is 0 Å². The second-order valence-corrected chi connectivity index (χ2v) is 27.8. The van der Waals surface area contributed by atoms with Crippen LogP contribution in [-0.4, -0.2) is 47.4 Å². The van der Waals surface area contributed by atoms with Gasteiger partial charge in [-0.15, -0.1) is 0 Å². The first kappa shape index (κ1) is 85.3. The fraction of sp³-hybridized carbons (Fsp3) is 0.926. The van der Waals surface area contributed by atoms with E-state index in [1.165, 1.54) is 372 Å². The summed E-state index contributed by atoms with van der Waals surface area (Å²) in [5, 5.41) is 23.5.